The van der Waals surface area contributed by atoms with Gasteiger partial charge in [0.05, 0.1) is 4.47 Å². The van der Waals surface area contributed by atoms with E-state index in [-0.39, 0.29) is 5.54 Å². The summed E-state index contributed by atoms with van der Waals surface area (Å²) in [7, 11) is 0. The molecule has 4 nitrogen and oxygen atoms in total. The second kappa shape index (κ2) is 5.10. The molecule has 0 saturated heterocycles. The molecule has 16 heavy (non-hydrogen) atoms. The number of rotatable bonds is 3. The Bertz CT molecular complexity index is 332. The lowest BCUT2D eigenvalue weighted by molar-refractivity contribution is 0.310. The first-order valence-electron chi connectivity index (χ1n) is 5.68. The van der Waals surface area contributed by atoms with Gasteiger partial charge in [0.1, 0.15) is 0 Å². The van der Waals surface area contributed by atoms with Crippen LogP contribution in [0.15, 0.2) is 16.9 Å². The van der Waals surface area contributed by atoms with E-state index >= 15 is 0 Å². The van der Waals surface area contributed by atoms with Crippen molar-refractivity contribution in [3.8, 4) is 0 Å². The van der Waals surface area contributed by atoms with Crippen molar-refractivity contribution in [2.24, 2.45) is 5.73 Å². The highest BCUT2D eigenvalue weighted by Gasteiger charge is 2.27. The molecule has 1 aromatic rings. The summed E-state index contributed by atoms with van der Waals surface area (Å²) in [4.78, 5) is 8.34. The van der Waals surface area contributed by atoms with Crippen molar-refractivity contribution in [2.45, 2.75) is 37.6 Å². The number of aromatic nitrogens is 2. The molecule has 0 aromatic carbocycles. The van der Waals surface area contributed by atoms with Gasteiger partial charge < -0.3 is 11.1 Å². The fourth-order valence-electron chi connectivity index (χ4n) is 2.09. The van der Waals surface area contributed by atoms with E-state index < -0.39 is 0 Å². The Labute approximate surface area is 104 Å². The average Bonchev–Trinajstić information content (AvgIpc) is 2.29. The average molecular weight is 285 g/mol. The largest absolute Gasteiger partial charge is 0.352 e. The van der Waals surface area contributed by atoms with E-state index in [0.29, 0.717) is 5.95 Å². The lowest BCUT2D eigenvalue weighted by Gasteiger charge is -2.33. The predicted molar refractivity (Wildman–Crippen MR) is 68.2 cm³/mol. The van der Waals surface area contributed by atoms with Gasteiger partial charge in [-0.3, -0.25) is 0 Å². The van der Waals surface area contributed by atoms with Crippen LogP contribution < -0.4 is 11.1 Å². The van der Waals surface area contributed by atoms with E-state index in [2.05, 4.69) is 31.2 Å². The van der Waals surface area contributed by atoms with Gasteiger partial charge in [-0.15, -0.1) is 0 Å². The van der Waals surface area contributed by atoms with Crippen LogP contribution in [-0.2, 0) is 0 Å². The highest BCUT2D eigenvalue weighted by atomic mass is 79.9. The number of nitrogens with one attached hydrogen (secondary N) is 1. The van der Waals surface area contributed by atoms with Gasteiger partial charge in [0.2, 0.25) is 5.95 Å². The second-order valence-electron chi connectivity index (χ2n) is 4.50. The van der Waals surface area contributed by atoms with E-state index in [4.69, 9.17) is 5.73 Å². The Morgan fingerprint density at radius 2 is 1.88 bits per heavy atom. The van der Waals surface area contributed by atoms with Gasteiger partial charge >= 0.3 is 0 Å². The van der Waals surface area contributed by atoms with Crippen molar-refractivity contribution in [1.29, 1.82) is 0 Å². The lowest BCUT2D eigenvalue weighted by Crippen LogP contribution is -2.47. The number of nitrogens with two attached hydrogens (primary N) is 1. The van der Waals surface area contributed by atoms with Crippen LogP contribution in [0.1, 0.15) is 32.1 Å². The molecule has 0 bridgehead atoms. The second-order valence-corrected chi connectivity index (χ2v) is 5.42. The molecular formula is C11H17BrN4. The molecule has 1 heterocycles. The monoisotopic (exact) mass is 284 g/mol. The molecule has 5 heteroatoms. The van der Waals surface area contributed by atoms with Crippen molar-refractivity contribution in [3.05, 3.63) is 16.9 Å². The topological polar surface area (TPSA) is 63.8 Å². The summed E-state index contributed by atoms with van der Waals surface area (Å²) in [5.41, 5.74) is 6.23. The molecule has 1 aliphatic carbocycles. The van der Waals surface area contributed by atoms with Gasteiger partial charge in [0.15, 0.2) is 0 Å². The van der Waals surface area contributed by atoms with E-state index in [1.54, 1.807) is 12.4 Å². The summed E-state index contributed by atoms with van der Waals surface area (Å²) in [5.74, 6) is 0.651. The van der Waals surface area contributed by atoms with Crippen molar-refractivity contribution >= 4 is 21.9 Å². The first-order chi connectivity index (χ1) is 7.68. The fourth-order valence-corrected chi connectivity index (χ4v) is 2.30. The maximum Gasteiger partial charge on any atom is 0.222 e. The van der Waals surface area contributed by atoms with Crippen molar-refractivity contribution in [1.82, 2.24) is 9.97 Å². The third-order valence-corrected chi connectivity index (χ3v) is 3.48. The third kappa shape index (κ3) is 3.15. The first kappa shape index (κ1) is 11.8. The van der Waals surface area contributed by atoms with Gasteiger partial charge in [-0.1, -0.05) is 19.3 Å². The molecule has 3 N–H and O–H groups in total. The van der Waals surface area contributed by atoms with Crippen LogP contribution in [0.4, 0.5) is 5.95 Å². The molecule has 0 unspecified atom stereocenters. The summed E-state index contributed by atoms with van der Waals surface area (Å²) in [6.07, 6.45) is 9.44. The molecule has 1 saturated carbocycles. The summed E-state index contributed by atoms with van der Waals surface area (Å²) >= 11 is 3.31. The van der Waals surface area contributed by atoms with Crippen LogP contribution in [0, 0.1) is 0 Å². The molecule has 0 amide bonds. The minimum Gasteiger partial charge on any atom is -0.352 e. The highest BCUT2D eigenvalue weighted by Crippen LogP contribution is 2.25. The molecule has 0 aliphatic heterocycles. The number of hydrogen-bond donors (Lipinski definition) is 2. The Morgan fingerprint density at radius 3 is 2.50 bits per heavy atom. The van der Waals surface area contributed by atoms with Crippen molar-refractivity contribution in [3.63, 3.8) is 0 Å². The summed E-state index contributed by atoms with van der Waals surface area (Å²) in [5, 5.41) is 3.21. The van der Waals surface area contributed by atoms with Gasteiger partial charge in [0, 0.05) is 24.5 Å². The van der Waals surface area contributed by atoms with Gasteiger partial charge in [-0.2, -0.15) is 0 Å². The quantitative estimate of drug-likeness (QED) is 0.894. The van der Waals surface area contributed by atoms with E-state index in [1.165, 1.54) is 19.3 Å². The molecule has 1 fully saturated rings. The smallest absolute Gasteiger partial charge is 0.222 e. The van der Waals surface area contributed by atoms with Crippen LogP contribution >= 0.6 is 15.9 Å². The molecule has 88 valence electrons. The lowest BCUT2D eigenvalue weighted by atomic mass is 9.82. The van der Waals surface area contributed by atoms with Gasteiger partial charge in [-0.05, 0) is 28.8 Å². The third-order valence-electron chi connectivity index (χ3n) is 3.07. The van der Waals surface area contributed by atoms with Gasteiger partial charge in [-0.25, -0.2) is 9.97 Å². The van der Waals surface area contributed by atoms with Crippen molar-refractivity contribution in [2.75, 3.05) is 11.9 Å². The number of hydrogen-bond acceptors (Lipinski definition) is 4. The summed E-state index contributed by atoms with van der Waals surface area (Å²) < 4.78 is 0.887. The maximum atomic E-state index is 6.31. The highest BCUT2D eigenvalue weighted by molar-refractivity contribution is 9.10. The van der Waals surface area contributed by atoms with Crippen LogP contribution in [0.2, 0.25) is 0 Å². The minimum absolute atomic E-state index is 0.0747. The Kier molecular flexibility index (Phi) is 3.76. The van der Waals surface area contributed by atoms with Gasteiger partial charge in [0.25, 0.3) is 0 Å². The normalized spacial score (nSPS) is 19.4. The van der Waals surface area contributed by atoms with E-state index in [1.807, 2.05) is 0 Å². The number of nitrogens with zero attached hydrogens (tertiary/aromatic N) is 2. The zero-order valence-electron chi connectivity index (χ0n) is 9.25. The molecule has 0 radical (unpaired) electrons. The number of halogens is 1. The summed E-state index contributed by atoms with van der Waals surface area (Å²) in [6.45, 7) is 0.759. The molecule has 1 aliphatic rings. The van der Waals surface area contributed by atoms with E-state index in [9.17, 15) is 0 Å². The Morgan fingerprint density at radius 1 is 1.25 bits per heavy atom. The fraction of sp³-hybridized carbons (Fsp3) is 0.636. The van der Waals surface area contributed by atoms with Crippen LogP contribution in [0.5, 0.6) is 0 Å². The molecule has 2 rings (SSSR count). The van der Waals surface area contributed by atoms with Crippen LogP contribution in [-0.4, -0.2) is 22.1 Å². The van der Waals surface area contributed by atoms with Crippen LogP contribution in [0.25, 0.3) is 0 Å². The standard InChI is InChI=1S/C11H17BrN4/c12-9-6-14-10(15-7-9)16-8-11(13)4-2-1-3-5-11/h6-7H,1-5,8,13H2,(H,14,15,16). The minimum atomic E-state index is -0.0747. The Balaban J connectivity index is 1.88. The van der Waals surface area contributed by atoms with Crippen LogP contribution in [0.3, 0.4) is 0 Å². The Hall–Kier alpha value is -0.680. The molecule has 0 atom stereocenters. The molecule has 1 aromatic heterocycles. The van der Waals surface area contributed by atoms with E-state index in [0.717, 1.165) is 23.9 Å². The number of anilines is 1. The predicted octanol–water partition coefficient (Wildman–Crippen LogP) is 2.31. The van der Waals surface area contributed by atoms with Crippen molar-refractivity contribution < 1.29 is 0 Å². The zero-order chi connectivity index (χ0) is 11.4. The SMILES string of the molecule is NC1(CNc2ncc(Br)cn2)CCCCC1. The summed E-state index contributed by atoms with van der Waals surface area (Å²) in [6, 6.07) is 0. The molecule has 0 spiro atoms. The maximum absolute atomic E-state index is 6.31. The molecular weight excluding hydrogens is 268 g/mol. The first-order valence-corrected chi connectivity index (χ1v) is 6.48. The zero-order valence-corrected chi connectivity index (χ0v) is 10.8.